The van der Waals surface area contributed by atoms with E-state index in [0.29, 0.717) is 0 Å². The zero-order chi connectivity index (χ0) is 52.0. The zero-order valence-electron chi connectivity index (χ0n) is 43.0. The molecule has 13 aromatic rings. The molecule has 0 atom stereocenters. The van der Waals surface area contributed by atoms with Crippen molar-refractivity contribution < 1.29 is 0 Å². The van der Waals surface area contributed by atoms with E-state index in [1.807, 2.05) is 0 Å². The molecule has 0 amide bonds. The van der Waals surface area contributed by atoms with E-state index in [9.17, 15) is 0 Å². The summed E-state index contributed by atoms with van der Waals surface area (Å²) in [6.07, 6.45) is 0. The predicted molar refractivity (Wildman–Crippen MR) is 331 cm³/mol. The molecule has 0 saturated heterocycles. The molecule has 78 heavy (non-hydrogen) atoms. The van der Waals surface area contributed by atoms with Gasteiger partial charge in [0.1, 0.15) is 0 Å². The van der Waals surface area contributed by atoms with Crippen LogP contribution in [0.5, 0.6) is 0 Å². The van der Waals surface area contributed by atoms with E-state index >= 15 is 0 Å². The van der Waals surface area contributed by atoms with Crippen molar-refractivity contribution in [2.75, 3.05) is 19.6 Å². The lowest BCUT2D eigenvalue weighted by Gasteiger charge is -2.28. The normalized spacial score (nSPS) is 11.1. The minimum atomic E-state index is 1.08. The Kier molecular flexibility index (Phi) is 13.0. The molecule has 0 radical (unpaired) electrons. The topological polar surface area (TPSA) is 13.0 Å². The molecule has 4 nitrogen and oxygen atoms in total. The molecule has 0 saturated carbocycles. The number of fused-ring (bicyclic) bond motifs is 2. The number of nitrogens with zero attached hydrogens (tertiary/aromatic N) is 4. The molecule has 0 aromatic heterocycles. The van der Waals surface area contributed by atoms with Gasteiger partial charge in [-0.1, -0.05) is 182 Å². The van der Waals surface area contributed by atoms with Gasteiger partial charge in [-0.05, 0) is 189 Å². The van der Waals surface area contributed by atoms with Gasteiger partial charge in [0.05, 0.1) is 0 Å². The van der Waals surface area contributed by atoms with E-state index in [-0.39, 0.29) is 0 Å². The number of hydrogen-bond donors (Lipinski definition) is 0. The van der Waals surface area contributed by atoms with Crippen LogP contribution in [0.3, 0.4) is 0 Å². The first kappa shape index (κ1) is 47.3. The molecule has 0 unspecified atom stereocenters. The monoisotopic (exact) mass is 998 g/mol. The summed E-state index contributed by atoms with van der Waals surface area (Å²) < 4.78 is 0. The number of hydrogen-bond acceptors (Lipinski definition) is 4. The van der Waals surface area contributed by atoms with Crippen molar-refractivity contribution in [2.45, 2.75) is 0 Å². The molecule has 0 heterocycles. The van der Waals surface area contributed by atoms with E-state index in [4.69, 9.17) is 0 Å². The average Bonchev–Trinajstić information content (AvgIpc) is 3.55. The Morgan fingerprint density at radius 2 is 0.308 bits per heavy atom. The van der Waals surface area contributed by atoms with E-state index in [1.54, 1.807) is 0 Å². The Hall–Kier alpha value is -10.4. The molecular formula is C74H54N4. The fraction of sp³-hybridized carbons (Fsp3) is 0. The van der Waals surface area contributed by atoms with Crippen molar-refractivity contribution >= 4 is 89.8 Å². The Bertz CT molecular complexity index is 3820. The van der Waals surface area contributed by atoms with Gasteiger partial charge >= 0.3 is 0 Å². The number of anilines is 12. The van der Waals surface area contributed by atoms with Crippen LogP contribution in [0.2, 0.25) is 0 Å². The highest BCUT2D eigenvalue weighted by molar-refractivity contribution is 5.92. The summed E-state index contributed by atoms with van der Waals surface area (Å²) in [6, 6.07) is 117. The molecule has 0 aliphatic carbocycles. The van der Waals surface area contributed by atoms with Gasteiger partial charge in [0.2, 0.25) is 0 Å². The summed E-state index contributed by atoms with van der Waals surface area (Å²) in [5.41, 5.74) is 17.8. The van der Waals surface area contributed by atoms with Gasteiger partial charge in [0.25, 0.3) is 0 Å². The molecule has 13 aromatic carbocycles. The van der Waals surface area contributed by atoms with Crippen LogP contribution in [-0.4, -0.2) is 0 Å². The third-order valence-corrected chi connectivity index (χ3v) is 14.6. The minimum Gasteiger partial charge on any atom is -0.311 e. The summed E-state index contributed by atoms with van der Waals surface area (Å²) in [5.74, 6) is 0. The van der Waals surface area contributed by atoms with Crippen LogP contribution >= 0.6 is 0 Å². The zero-order valence-corrected chi connectivity index (χ0v) is 43.0. The van der Waals surface area contributed by atoms with Crippen LogP contribution in [0.1, 0.15) is 0 Å². The third-order valence-electron chi connectivity index (χ3n) is 14.6. The van der Waals surface area contributed by atoms with Crippen molar-refractivity contribution in [3.63, 3.8) is 0 Å². The Labute approximate surface area is 456 Å². The quantitative estimate of drug-likeness (QED) is 0.108. The van der Waals surface area contributed by atoms with Crippen molar-refractivity contribution in [3.8, 4) is 22.3 Å². The fourth-order valence-corrected chi connectivity index (χ4v) is 10.7. The summed E-state index contributed by atoms with van der Waals surface area (Å²) in [6.45, 7) is 0. The first-order chi connectivity index (χ1) is 38.7. The van der Waals surface area contributed by atoms with Crippen LogP contribution in [-0.2, 0) is 0 Å². The Morgan fingerprint density at radius 1 is 0.128 bits per heavy atom. The molecule has 4 heteroatoms. The fourth-order valence-electron chi connectivity index (χ4n) is 10.7. The highest BCUT2D eigenvalue weighted by Gasteiger charge is 2.19. The number of benzene rings is 13. The summed E-state index contributed by atoms with van der Waals surface area (Å²) in [4.78, 5) is 9.30. The second kappa shape index (κ2) is 21.4. The van der Waals surface area contributed by atoms with Crippen molar-refractivity contribution in [2.24, 2.45) is 0 Å². The maximum Gasteiger partial charge on any atom is 0.0468 e. The molecule has 13 rings (SSSR count). The van der Waals surface area contributed by atoms with Gasteiger partial charge in [0, 0.05) is 68.2 Å². The second-order valence-electron chi connectivity index (χ2n) is 19.5. The second-order valence-corrected chi connectivity index (χ2v) is 19.5. The number of rotatable bonds is 14. The smallest absolute Gasteiger partial charge is 0.0468 e. The van der Waals surface area contributed by atoms with Gasteiger partial charge in [-0.25, -0.2) is 0 Å². The van der Waals surface area contributed by atoms with Crippen LogP contribution in [0.15, 0.2) is 328 Å². The summed E-state index contributed by atoms with van der Waals surface area (Å²) in [7, 11) is 0. The summed E-state index contributed by atoms with van der Waals surface area (Å²) >= 11 is 0. The molecule has 370 valence electrons. The van der Waals surface area contributed by atoms with Crippen molar-refractivity contribution in [1.29, 1.82) is 0 Å². The van der Waals surface area contributed by atoms with Crippen LogP contribution in [0.4, 0.5) is 68.2 Å². The third kappa shape index (κ3) is 9.74. The molecular weight excluding hydrogens is 945 g/mol. The van der Waals surface area contributed by atoms with E-state index < -0.39 is 0 Å². The molecule has 0 aliphatic rings. The maximum absolute atomic E-state index is 2.33. The molecule has 0 bridgehead atoms. The average molecular weight is 999 g/mol. The first-order valence-electron chi connectivity index (χ1n) is 26.6. The van der Waals surface area contributed by atoms with Gasteiger partial charge in [-0.3, -0.25) is 0 Å². The van der Waals surface area contributed by atoms with Gasteiger partial charge in [-0.2, -0.15) is 0 Å². The maximum atomic E-state index is 2.33. The van der Waals surface area contributed by atoms with E-state index in [1.165, 1.54) is 21.5 Å². The molecule has 0 aliphatic heterocycles. The highest BCUT2D eigenvalue weighted by Crippen LogP contribution is 2.43. The van der Waals surface area contributed by atoms with Crippen molar-refractivity contribution in [3.05, 3.63) is 328 Å². The Morgan fingerprint density at radius 3 is 0.577 bits per heavy atom. The van der Waals surface area contributed by atoms with Crippen LogP contribution in [0, 0.1) is 0 Å². The first-order valence-corrected chi connectivity index (χ1v) is 26.6. The van der Waals surface area contributed by atoms with E-state index in [2.05, 4.69) is 347 Å². The number of para-hydroxylation sites is 4. The van der Waals surface area contributed by atoms with Gasteiger partial charge in [-0.15, -0.1) is 0 Å². The van der Waals surface area contributed by atoms with Gasteiger partial charge in [0.15, 0.2) is 0 Å². The Balaban J connectivity index is 0.748. The molecule has 0 fully saturated rings. The standard InChI is InChI=1S/C74H54N4/c1-5-21-63(22-6-1)75(69-45-49-71(50-46-69)77(65-25-9-3-10-26-65)73-43-37-55-17-13-15-19-61(55)53-73)67-39-33-59(34-40-67)57-29-31-58(32-30-57)60-35-41-68(42-36-60)76(64-23-7-2-8-24-64)70-47-51-72(52-48-70)78(66-27-11-4-12-28-66)74-44-38-56-18-14-16-20-62(56)54-74/h1-54H. The van der Waals surface area contributed by atoms with Crippen LogP contribution < -0.4 is 19.6 Å². The van der Waals surface area contributed by atoms with Crippen LogP contribution in [0.25, 0.3) is 43.8 Å². The predicted octanol–water partition coefficient (Wildman–Crippen LogP) is 21.2. The largest absolute Gasteiger partial charge is 0.311 e. The minimum absolute atomic E-state index is 1.08. The lowest BCUT2D eigenvalue weighted by Crippen LogP contribution is -2.12. The van der Waals surface area contributed by atoms with Gasteiger partial charge < -0.3 is 19.6 Å². The summed E-state index contributed by atoms with van der Waals surface area (Å²) in [5, 5.41) is 4.87. The van der Waals surface area contributed by atoms with Crippen molar-refractivity contribution in [1.82, 2.24) is 0 Å². The lowest BCUT2D eigenvalue weighted by molar-refractivity contribution is 1.26. The highest BCUT2D eigenvalue weighted by atomic mass is 15.2. The van der Waals surface area contributed by atoms with E-state index in [0.717, 1.165) is 90.5 Å². The lowest BCUT2D eigenvalue weighted by atomic mass is 9.99. The molecule has 0 spiro atoms. The SMILES string of the molecule is c1ccc(N(c2ccc(-c3ccc(-c4ccc(N(c5ccccc5)c5ccc(N(c6ccccc6)c6ccc7ccccc7c6)cc5)cc4)cc3)cc2)c2ccc(N(c3ccccc3)c3ccc4ccccc4c3)cc2)cc1. The molecule has 0 N–H and O–H groups in total.